The van der Waals surface area contributed by atoms with Crippen molar-refractivity contribution in [2.75, 3.05) is 38.5 Å². The SMILES string of the molecule is CCNC(=NCCSCc1ccccc1F)N1CCOC(c2cnn(C)c2)C1.I. The summed E-state index contributed by atoms with van der Waals surface area (Å²) >= 11 is 1.70. The first-order chi connectivity index (χ1) is 13.7. The molecule has 1 saturated heterocycles. The number of thioether (sulfide) groups is 1. The monoisotopic (exact) mass is 533 g/mol. The highest BCUT2D eigenvalue weighted by atomic mass is 127. The number of nitrogens with one attached hydrogen (secondary N) is 1. The summed E-state index contributed by atoms with van der Waals surface area (Å²) in [5.74, 6) is 2.28. The summed E-state index contributed by atoms with van der Waals surface area (Å²) in [7, 11) is 1.91. The van der Waals surface area contributed by atoms with E-state index in [1.807, 2.05) is 31.6 Å². The summed E-state index contributed by atoms with van der Waals surface area (Å²) in [6, 6.07) is 6.94. The predicted octanol–water partition coefficient (Wildman–Crippen LogP) is 3.45. The van der Waals surface area contributed by atoms with Gasteiger partial charge in [-0.1, -0.05) is 18.2 Å². The molecule has 0 radical (unpaired) electrons. The molecule has 3 rings (SSSR count). The highest BCUT2D eigenvalue weighted by Gasteiger charge is 2.25. The van der Waals surface area contributed by atoms with E-state index in [1.165, 1.54) is 6.07 Å². The van der Waals surface area contributed by atoms with Gasteiger partial charge in [-0.25, -0.2) is 4.39 Å². The molecule has 1 aromatic carbocycles. The maximum Gasteiger partial charge on any atom is 0.194 e. The lowest BCUT2D eigenvalue weighted by atomic mass is 10.1. The van der Waals surface area contributed by atoms with Crippen LogP contribution in [0.4, 0.5) is 4.39 Å². The van der Waals surface area contributed by atoms with Crippen molar-refractivity contribution in [3.05, 3.63) is 53.6 Å². The van der Waals surface area contributed by atoms with Gasteiger partial charge in [0.25, 0.3) is 0 Å². The molecule has 1 fully saturated rings. The van der Waals surface area contributed by atoms with Gasteiger partial charge in [0.1, 0.15) is 11.9 Å². The Morgan fingerprint density at radius 1 is 1.41 bits per heavy atom. The molecule has 1 unspecified atom stereocenters. The smallest absolute Gasteiger partial charge is 0.194 e. The third-order valence-corrected chi connectivity index (χ3v) is 5.50. The van der Waals surface area contributed by atoms with Crippen molar-refractivity contribution in [3.8, 4) is 0 Å². The van der Waals surface area contributed by atoms with Crippen LogP contribution in [-0.2, 0) is 17.5 Å². The number of aryl methyl sites for hydroxylation is 1. The molecule has 0 bridgehead atoms. The number of ether oxygens (including phenoxy) is 1. The maximum atomic E-state index is 13.7. The van der Waals surface area contributed by atoms with Gasteiger partial charge in [0.2, 0.25) is 0 Å². The van der Waals surface area contributed by atoms with E-state index < -0.39 is 0 Å². The molecule has 2 heterocycles. The topological polar surface area (TPSA) is 54.7 Å². The first-order valence-electron chi connectivity index (χ1n) is 9.62. The lowest BCUT2D eigenvalue weighted by Crippen LogP contribution is -2.48. The van der Waals surface area contributed by atoms with E-state index in [9.17, 15) is 4.39 Å². The third kappa shape index (κ3) is 7.14. The minimum atomic E-state index is -0.137. The van der Waals surface area contributed by atoms with E-state index in [4.69, 9.17) is 9.73 Å². The van der Waals surface area contributed by atoms with E-state index in [2.05, 4.69) is 22.2 Å². The molecule has 0 aliphatic carbocycles. The average molecular weight is 533 g/mol. The van der Waals surface area contributed by atoms with E-state index in [0.29, 0.717) is 18.9 Å². The van der Waals surface area contributed by atoms with Crippen molar-refractivity contribution in [2.45, 2.75) is 18.8 Å². The first-order valence-corrected chi connectivity index (χ1v) is 10.8. The van der Waals surface area contributed by atoms with Crippen LogP contribution in [0.5, 0.6) is 0 Å². The van der Waals surface area contributed by atoms with Gasteiger partial charge in [-0.3, -0.25) is 9.67 Å². The number of halogens is 2. The second kappa shape index (κ2) is 12.4. The summed E-state index contributed by atoms with van der Waals surface area (Å²) in [5, 5.41) is 7.62. The average Bonchev–Trinajstić information content (AvgIpc) is 3.15. The van der Waals surface area contributed by atoms with Crippen molar-refractivity contribution in [1.82, 2.24) is 20.0 Å². The molecule has 1 N–H and O–H groups in total. The van der Waals surface area contributed by atoms with Crippen LogP contribution in [0.25, 0.3) is 0 Å². The van der Waals surface area contributed by atoms with Crippen LogP contribution < -0.4 is 5.32 Å². The highest BCUT2D eigenvalue weighted by Crippen LogP contribution is 2.21. The molecule has 160 valence electrons. The fraction of sp³-hybridized carbons (Fsp3) is 0.500. The summed E-state index contributed by atoms with van der Waals surface area (Å²) in [4.78, 5) is 7.01. The van der Waals surface area contributed by atoms with E-state index in [-0.39, 0.29) is 35.9 Å². The highest BCUT2D eigenvalue weighted by molar-refractivity contribution is 14.0. The largest absolute Gasteiger partial charge is 0.370 e. The number of aromatic nitrogens is 2. The maximum absolute atomic E-state index is 13.7. The lowest BCUT2D eigenvalue weighted by Gasteiger charge is -2.34. The number of benzene rings is 1. The van der Waals surface area contributed by atoms with Crippen LogP contribution in [0.3, 0.4) is 0 Å². The molecule has 6 nitrogen and oxygen atoms in total. The van der Waals surface area contributed by atoms with E-state index in [0.717, 1.165) is 42.5 Å². The Balaban J connectivity index is 0.00000300. The van der Waals surface area contributed by atoms with Gasteiger partial charge in [0, 0.05) is 43.4 Å². The normalized spacial score (nSPS) is 17.1. The molecular weight excluding hydrogens is 504 g/mol. The van der Waals surface area contributed by atoms with Gasteiger partial charge in [0.05, 0.1) is 25.9 Å². The molecular formula is C20H29FIN5OS. The number of aliphatic imine (C=N–C) groups is 1. The zero-order valence-corrected chi connectivity index (χ0v) is 20.0. The number of hydrogen-bond donors (Lipinski definition) is 1. The molecule has 0 spiro atoms. The van der Waals surface area contributed by atoms with Crippen LogP contribution in [0, 0.1) is 5.82 Å². The van der Waals surface area contributed by atoms with Crippen LogP contribution in [0.2, 0.25) is 0 Å². The fourth-order valence-electron chi connectivity index (χ4n) is 3.09. The van der Waals surface area contributed by atoms with Crippen molar-refractivity contribution < 1.29 is 9.13 Å². The fourth-order valence-corrected chi connectivity index (χ4v) is 3.91. The Hall–Kier alpha value is -1.33. The third-order valence-electron chi connectivity index (χ3n) is 4.51. The summed E-state index contributed by atoms with van der Waals surface area (Å²) in [6.07, 6.45) is 3.86. The molecule has 1 aromatic heterocycles. The summed E-state index contributed by atoms with van der Waals surface area (Å²) in [6.45, 7) is 5.80. The van der Waals surface area contributed by atoms with Gasteiger partial charge in [-0.2, -0.15) is 16.9 Å². The summed E-state index contributed by atoms with van der Waals surface area (Å²) < 4.78 is 21.4. The Bertz CT molecular complexity index is 788. The van der Waals surface area contributed by atoms with Crippen molar-refractivity contribution >= 4 is 41.7 Å². The second-order valence-electron chi connectivity index (χ2n) is 6.63. The van der Waals surface area contributed by atoms with Gasteiger partial charge in [-0.05, 0) is 18.6 Å². The zero-order chi connectivity index (χ0) is 19.8. The Labute approximate surface area is 193 Å². The number of morpholine rings is 1. The molecule has 1 atom stereocenters. The Morgan fingerprint density at radius 3 is 2.97 bits per heavy atom. The number of rotatable bonds is 7. The van der Waals surface area contributed by atoms with Crippen molar-refractivity contribution in [1.29, 1.82) is 0 Å². The number of guanidine groups is 1. The molecule has 0 saturated carbocycles. The molecule has 9 heteroatoms. The van der Waals surface area contributed by atoms with Gasteiger partial charge < -0.3 is 15.0 Å². The zero-order valence-electron chi connectivity index (χ0n) is 16.9. The van der Waals surface area contributed by atoms with Crippen molar-refractivity contribution in [3.63, 3.8) is 0 Å². The standard InChI is InChI=1S/C20H28FN5OS.HI/c1-3-22-20(23-8-11-28-15-16-6-4-5-7-18(16)21)26-9-10-27-19(14-26)17-12-24-25(2)13-17;/h4-7,12-13,19H,3,8-11,14-15H2,1-2H3,(H,22,23);1H. The Kier molecular flexibility index (Phi) is 10.2. The lowest BCUT2D eigenvalue weighted by molar-refractivity contribution is -0.00802. The molecule has 1 aliphatic heterocycles. The molecule has 2 aromatic rings. The van der Waals surface area contributed by atoms with Crippen LogP contribution in [0.15, 0.2) is 41.7 Å². The molecule has 1 aliphatic rings. The summed E-state index contributed by atoms with van der Waals surface area (Å²) in [5.41, 5.74) is 1.83. The molecule has 29 heavy (non-hydrogen) atoms. The van der Waals surface area contributed by atoms with Gasteiger partial charge >= 0.3 is 0 Å². The Morgan fingerprint density at radius 2 is 2.24 bits per heavy atom. The number of nitrogens with zero attached hydrogens (tertiary/aromatic N) is 4. The second-order valence-corrected chi connectivity index (χ2v) is 7.74. The minimum Gasteiger partial charge on any atom is -0.370 e. The number of hydrogen-bond acceptors (Lipinski definition) is 4. The van der Waals surface area contributed by atoms with Gasteiger partial charge in [-0.15, -0.1) is 24.0 Å². The van der Waals surface area contributed by atoms with Gasteiger partial charge in [0.15, 0.2) is 5.96 Å². The van der Waals surface area contributed by atoms with Crippen LogP contribution in [0.1, 0.15) is 24.2 Å². The molecule has 0 amide bonds. The van der Waals surface area contributed by atoms with Crippen LogP contribution >= 0.6 is 35.7 Å². The van der Waals surface area contributed by atoms with Crippen molar-refractivity contribution in [2.24, 2.45) is 12.0 Å². The van der Waals surface area contributed by atoms with E-state index in [1.54, 1.807) is 22.5 Å². The first kappa shape index (κ1) is 23.9. The van der Waals surface area contributed by atoms with Crippen LogP contribution in [-0.4, -0.2) is 59.2 Å². The minimum absolute atomic E-state index is 0. The quantitative estimate of drug-likeness (QED) is 0.256. The predicted molar refractivity (Wildman–Crippen MR) is 127 cm³/mol. The van der Waals surface area contributed by atoms with E-state index >= 15 is 0 Å².